The lowest BCUT2D eigenvalue weighted by Crippen LogP contribution is -1.89. The second-order valence-corrected chi connectivity index (χ2v) is 5.82. The van der Waals surface area contributed by atoms with Gasteiger partial charge in [-0.05, 0) is 29.7 Å². The van der Waals surface area contributed by atoms with E-state index in [0.717, 1.165) is 27.2 Å². The third-order valence-corrected chi connectivity index (χ3v) is 4.39. The third kappa shape index (κ3) is 1.85. The normalized spacial score (nSPS) is 11.5. The smallest absolute Gasteiger partial charge is 0.160 e. The van der Waals surface area contributed by atoms with Crippen molar-refractivity contribution in [1.82, 2.24) is 4.98 Å². The van der Waals surface area contributed by atoms with Gasteiger partial charge in [-0.3, -0.25) is 0 Å². The Morgan fingerprint density at radius 1 is 0.792 bits per heavy atom. The van der Waals surface area contributed by atoms with E-state index in [9.17, 15) is 4.39 Å². The third-order valence-electron chi connectivity index (χ3n) is 4.39. The Bertz CT molecular complexity index is 1220. The fourth-order valence-electron chi connectivity index (χ4n) is 3.27. The van der Waals surface area contributed by atoms with Crippen LogP contribution in [0.5, 0.6) is 0 Å². The zero-order valence-corrected chi connectivity index (χ0v) is 12.7. The average molecular weight is 313 g/mol. The van der Waals surface area contributed by atoms with E-state index in [4.69, 9.17) is 9.40 Å². The number of pyridine rings is 1. The van der Waals surface area contributed by atoms with E-state index >= 15 is 0 Å². The predicted molar refractivity (Wildman–Crippen MR) is 94.4 cm³/mol. The lowest BCUT2D eigenvalue weighted by Gasteiger charge is -2.08. The highest BCUT2D eigenvalue weighted by Crippen LogP contribution is 2.34. The molecule has 0 unspecified atom stereocenters. The first-order chi connectivity index (χ1) is 11.8. The Hall–Kier alpha value is -3.20. The van der Waals surface area contributed by atoms with Gasteiger partial charge in [0.1, 0.15) is 11.5 Å². The van der Waals surface area contributed by atoms with Crippen molar-refractivity contribution in [3.63, 3.8) is 0 Å². The summed E-state index contributed by atoms with van der Waals surface area (Å²) in [4.78, 5) is 4.73. The molecule has 0 saturated heterocycles. The first-order valence-corrected chi connectivity index (χ1v) is 7.76. The number of benzene rings is 3. The van der Waals surface area contributed by atoms with Gasteiger partial charge in [0.2, 0.25) is 0 Å². The summed E-state index contributed by atoms with van der Waals surface area (Å²) < 4.78 is 20.2. The number of fused-ring (bicyclic) bond motifs is 4. The minimum Gasteiger partial charge on any atom is -0.462 e. The molecule has 0 fully saturated rings. The molecule has 2 heterocycles. The average Bonchev–Trinajstić information content (AvgIpc) is 3.11. The fourth-order valence-corrected chi connectivity index (χ4v) is 3.27. The molecule has 0 spiro atoms. The minimum atomic E-state index is -0.252. The second kappa shape index (κ2) is 4.90. The minimum absolute atomic E-state index is 0.252. The van der Waals surface area contributed by atoms with E-state index in [1.54, 1.807) is 12.3 Å². The SMILES string of the molecule is Fc1cc(-c2nc3ccccc3c3ccoc23)cc2ccccc12. The van der Waals surface area contributed by atoms with Crippen LogP contribution < -0.4 is 0 Å². The molecular formula is C21H12FNO. The van der Waals surface area contributed by atoms with Gasteiger partial charge < -0.3 is 4.42 Å². The summed E-state index contributed by atoms with van der Waals surface area (Å²) in [6.07, 6.45) is 1.65. The quantitative estimate of drug-likeness (QED) is 0.383. The van der Waals surface area contributed by atoms with Crippen LogP contribution in [0.2, 0.25) is 0 Å². The van der Waals surface area contributed by atoms with Crippen molar-refractivity contribution >= 4 is 32.6 Å². The molecule has 2 nitrogen and oxygen atoms in total. The van der Waals surface area contributed by atoms with Crippen LogP contribution in [-0.4, -0.2) is 4.98 Å². The Balaban J connectivity index is 1.90. The van der Waals surface area contributed by atoms with E-state index in [1.807, 2.05) is 54.6 Å². The highest BCUT2D eigenvalue weighted by Gasteiger charge is 2.14. The molecular weight excluding hydrogens is 301 g/mol. The van der Waals surface area contributed by atoms with Gasteiger partial charge in [0, 0.05) is 21.7 Å². The lowest BCUT2D eigenvalue weighted by atomic mass is 10.0. The lowest BCUT2D eigenvalue weighted by molar-refractivity contribution is 0.615. The molecule has 0 N–H and O–H groups in total. The maximum Gasteiger partial charge on any atom is 0.160 e. The number of furan rings is 1. The Morgan fingerprint density at radius 2 is 1.58 bits per heavy atom. The van der Waals surface area contributed by atoms with Gasteiger partial charge in [0.05, 0.1) is 11.8 Å². The van der Waals surface area contributed by atoms with Crippen LogP contribution in [-0.2, 0) is 0 Å². The standard InChI is InChI=1S/C21H12FNO/c22-18-12-14(11-13-5-1-2-6-15(13)18)20-21-17(9-10-24-21)16-7-3-4-8-19(16)23-20/h1-12H. The molecule has 0 aliphatic rings. The number of hydrogen-bond acceptors (Lipinski definition) is 2. The van der Waals surface area contributed by atoms with Crippen molar-refractivity contribution in [1.29, 1.82) is 0 Å². The van der Waals surface area contributed by atoms with Gasteiger partial charge >= 0.3 is 0 Å². The molecule has 2 aromatic heterocycles. The zero-order valence-electron chi connectivity index (χ0n) is 12.7. The van der Waals surface area contributed by atoms with Crippen LogP contribution in [0.1, 0.15) is 0 Å². The van der Waals surface area contributed by atoms with E-state index in [1.165, 1.54) is 6.07 Å². The number of nitrogens with zero attached hydrogens (tertiary/aromatic N) is 1. The molecule has 0 saturated carbocycles. The van der Waals surface area contributed by atoms with Gasteiger partial charge in [-0.25, -0.2) is 9.37 Å². The van der Waals surface area contributed by atoms with Crippen molar-refractivity contribution in [3.05, 3.63) is 78.8 Å². The maximum atomic E-state index is 14.5. The summed E-state index contributed by atoms with van der Waals surface area (Å²) in [7, 11) is 0. The summed E-state index contributed by atoms with van der Waals surface area (Å²) in [6.45, 7) is 0. The number of para-hydroxylation sites is 1. The molecule has 0 aliphatic heterocycles. The fraction of sp³-hybridized carbons (Fsp3) is 0. The summed E-state index contributed by atoms with van der Waals surface area (Å²) in [6, 6.07) is 20.8. The zero-order chi connectivity index (χ0) is 16.1. The molecule has 114 valence electrons. The number of aromatic nitrogens is 1. The topological polar surface area (TPSA) is 26.0 Å². The Kier molecular flexibility index (Phi) is 2.71. The van der Waals surface area contributed by atoms with Crippen molar-refractivity contribution in [3.8, 4) is 11.3 Å². The van der Waals surface area contributed by atoms with Crippen LogP contribution >= 0.6 is 0 Å². The predicted octanol–water partition coefficient (Wildman–Crippen LogP) is 5.94. The second-order valence-electron chi connectivity index (χ2n) is 5.82. The van der Waals surface area contributed by atoms with E-state index in [2.05, 4.69) is 0 Å². The van der Waals surface area contributed by atoms with Gasteiger partial charge in [0.25, 0.3) is 0 Å². The number of halogens is 1. The van der Waals surface area contributed by atoms with Crippen LogP contribution in [0, 0.1) is 5.82 Å². The first kappa shape index (κ1) is 13.3. The Labute approximate surface area is 137 Å². The molecule has 0 bridgehead atoms. The van der Waals surface area contributed by atoms with E-state index < -0.39 is 0 Å². The van der Waals surface area contributed by atoms with Crippen LogP contribution in [0.25, 0.3) is 43.9 Å². The van der Waals surface area contributed by atoms with Crippen molar-refractivity contribution in [2.24, 2.45) is 0 Å². The maximum absolute atomic E-state index is 14.5. The van der Waals surface area contributed by atoms with Gasteiger partial charge in [-0.1, -0.05) is 42.5 Å². The molecule has 0 radical (unpaired) electrons. The van der Waals surface area contributed by atoms with Crippen LogP contribution in [0.15, 0.2) is 77.4 Å². The molecule has 0 aliphatic carbocycles. The summed E-state index contributed by atoms with van der Waals surface area (Å²) >= 11 is 0. The van der Waals surface area contributed by atoms with Crippen molar-refractivity contribution in [2.45, 2.75) is 0 Å². The summed E-state index contributed by atoms with van der Waals surface area (Å²) in [5.41, 5.74) is 2.94. The number of rotatable bonds is 1. The number of hydrogen-bond donors (Lipinski definition) is 0. The Morgan fingerprint density at radius 3 is 2.50 bits per heavy atom. The molecule has 5 rings (SSSR count). The molecule has 5 aromatic rings. The molecule has 24 heavy (non-hydrogen) atoms. The first-order valence-electron chi connectivity index (χ1n) is 7.76. The monoisotopic (exact) mass is 313 g/mol. The largest absolute Gasteiger partial charge is 0.462 e. The highest BCUT2D eigenvalue weighted by molar-refractivity contribution is 6.09. The van der Waals surface area contributed by atoms with Gasteiger partial charge in [-0.2, -0.15) is 0 Å². The van der Waals surface area contributed by atoms with Crippen molar-refractivity contribution < 1.29 is 8.81 Å². The van der Waals surface area contributed by atoms with Crippen LogP contribution in [0.3, 0.4) is 0 Å². The van der Waals surface area contributed by atoms with Gasteiger partial charge in [0.15, 0.2) is 5.58 Å². The molecule has 3 aromatic carbocycles. The molecule has 0 atom stereocenters. The van der Waals surface area contributed by atoms with Crippen molar-refractivity contribution in [2.75, 3.05) is 0 Å². The molecule has 0 amide bonds. The van der Waals surface area contributed by atoms with E-state index in [0.29, 0.717) is 16.7 Å². The van der Waals surface area contributed by atoms with Gasteiger partial charge in [-0.15, -0.1) is 0 Å². The highest BCUT2D eigenvalue weighted by atomic mass is 19.1. The summed E-state index contributed by atoms with van der Waals surface area (Å²) in [5.74, 6) is -0.252. The van der Waals surface area contributed by atoms with Crippen LogP contribution in [0.4, 0.5) is 4.39 Å². The van der Waals surface area contributed by atoms with E-state index in [-0.39, 0.29) is 5.82 Å². The summed E-state index contributed by atoms with van der Waals surface area (Å²) in [5, 5.41) is 3.48. The molecule has 3 heteroatoms.